The first-order valence-electron chi connectivity index (χ1n) is 12.3. The number of nitrogens with zero attached hydrogens (tertiary/aromatic N) is 1. The summed E-state index contributed by atoms with van der Waals surface area (Å²) in [4.78, 5) is 41.8. The lowest BCUT2D eigenvalue weighted by Gasteiger charge is -2.38. The predicted octanol–water partition coefficient (Wildman–Crippen LogP) is 5.13. The van der Waals surface area contributed by atoms with Gasteiger partial charge in [0.2, 0.25) is 5.91 Å². The van der Waals surface area contributed by atoms with E-state index in [4.69, 9.17) is 9.47 Å². The zero-order valence-electron chi connectivity index (χ0n) is 22.7. The molecule has 8 nitrogen and oxygen atoms in total. The average molecular weight is 530 g/mol. The van der Waals surface area contributed by atoms with Crippen molar-refractivity contribution >= 4 is 36.2 Å². The Balaban J connectivity index is 2.50. The Morgan fingerprint density at radius 1 is 1.05 bits per heavy atom. The molecule has 0 spiro atoms. The van der Waals surface area contributed by atoms with Gasteiger partial charge in [-0.3, -0.25) is 9.59 Å². The van der Waals surface area contributed by atoms with E-state index in [1.807, 2.05) is 45.0 Å². The summed E-state index contributed by atoms with van der Waals surface area (Å²) in [7, 11) is 1.57. The topological polar surface area (TPSA) is 97.0 Å². The highest BCUT2D eigenvalue weighted by molar-refractivity contribution is 7.80. The molecule has 2 aromatic carbocycles. The van der Waals surface area contributed by atoms with E-state index in [0.717, 1.165) is 5.56 Å². The highest BCUT2D eigenvalue weighted by Gasteiger charge is 2.38. The monoisotopic (exact) mass is 529 g/mol. The van der Waals surface area contributed by atoms with Crippen molar-refractivity contribution in [1.29, 1.82) is 0 Å². The van der Waals surface area contributed by atoms with Crippen LogP contribution < -0.4 is 15.4 Å². The van der Waals surface area contributed by atoms with Gasteiger partial charge in [-0.2, -0.15) is 12.6 Å². The third-order valence-electron chi connectivity index (χ3n) is 5.86. The van der Waals surface area contributed by atoms with Crippen molar-refractivity contribution in [1.82, 2.24) is 10.2 Å². The largest absolute Gasteiger partial charge is 0.497 e. The number of nitrogens with one attached hydrogen (secondary N) is 2. The lowest BCUT2D eigenvalue weighted by molar-refractivity contribution is -0.142. The van der Waals surface area contributed by atoms with Crippen molar-refractivity contribution < 1.29 is 23.9 Å². The van der Waals surface area contributed by atoms with Gasteiger partial charge >= 0.3 is 6.09 Å². The van der Waals surface area contributed by atoms with Gasteiger partial charge in [0.15, 0.2) is 0 Å². The lowest BCUT2D eigenvalue weighted by Crippen LogP contribution is -2.55. The minimum Gasteiger partial charge on any atom is -0.497 e. The number of amides is 3. The highest BCUT2D eigenvalue weighted by atomic mass is 32.1. The SMILES string of the molecule is CCC(C)N(C(=O)C(CS)NC(=O)OC(C)(C)C)C(C(=O)Nc1ccc(OC)cc1)c1ccccc1C. The maximum absolute atomic E-state index is 14.0. The summed E-state index contributed by atoms with van der Waals surface area (Å²) >= 11 is 4.33. The summed E-state index contributed by atoms with van der Waals surface area (Å²) in [6, 6.07) is 12.2. The van der Waals surface area contributed by atoms with Gasteiger partial charge in [-0.05, 0) is 76.4 Å². The van der Waals surface area contributed by atoms with Crippen LogP contribution in [0.2, 0.25) is 0 Å². The number of benzene rings is 2. The van der Waals surface area contributed by atoms with Gasteiger partial charge in [-0.25, -0.2) is 4.79 Å². The minimum atomic E-state index is -0.993. The van der Waals surface area contributed by atoms with Crippen LogP contribution in [-0.2, 0) is 14.3 Å². The summed E-state index contributed by atoms with van der Waals surface area (Å²) < 4.78 is 10.6. The molecule has 0 aliphatic heterocycles. The van der Waals surface area contributed by atoms with Crippen LogP contribution in [0.3, 0.4) is 0 Å². The van der Waals surface area contributed by atoms with Crippen molar-refractivity contribution in [3.8, 4) is 5.75 Å². The standard InChI is InChI=1S/C28H39N3O5S/c1-8-19(3)31(26(33)23(17-37)30-27(34)36-28(4,5)6)24(22-12-10-9-11-18(22)2)25(32)29-20-13-15-21(35-7)16-14-20/h9-16,19,23-24,37H,8,17H2,1-7H3,(H,29,32)(H,30,34). The zero-order valence-corrected chi connectivity index (χ0v) is 23.6. The molecule has 37 heavy (non-hydrogen) atoms. The van der Waals surface area contributed by atoms with E-state index in [2.05, 4.69) is 23.3 Å². The Hall–Kier alpha value is -3.20. The molecule has 0 saturated heterocycles. The number of ether oxygens (including phenoxy) is 2. The van der Waals surface area contributed by atoms with Crippen LogP contribution in [0.4, 0.5) is 10.5 Å². The number of hydrogen-bond donors (Lipinski definition) is 3. The first-order chi connectivity index (χ1) is 17.4. The fraction of sp³-hybridized carbons (Fsp3) is 0.464. The molecule has 202 valence electrons. The molecule has 2 N–H and O–H groups in total. The third kappa shape index (κ3) is 8.42. The highest BCUT2D eigenvalue weighted by Crippen LogP contribution is 2.30. The van der Waals surface area contributed by atoms with Crippen LogP contribution in [0.1, 0.15) is 58.2 Å². The van der Waals surface area contributed by atoms with Gasteiger partial charge < -0.3 is 25.0 Å². The molecule has 9 heteroatoms. The number of anilines is 1. The van der Waals surface area contributed by atoms with Crippen LogP contribution >= 0.6 is 12.6 Å². The number of alkyl carbamates (subject to hydrolysis) is 1. The summed E-state index contributed by atoms with van der Waals surface area (Å²) in [6.45, 7) is 11.0. The smallest absolute Gasteiger partial charge is 0.408 e. The van der Waals surface area contributed by atoms with E-state index < -0.39 is 29.7 Å². The van der Waals surface area contributed by atoms with Gasteiger partial charge in [0, 0.05) is 17.5 Å². The molecule has 0 heterocycles. The van der Waals surface area contributed by atoms with Crippen molar-refractivity contribution in [2.24, 2.45) is 0 Å². The molecule has 0 radical (unpaired) electrons. The van der Waals surface area contributed by atoms with Crippen molar-refractivity contribution in [2.75, 3.05) is 18.2 Å². The maximum atomic E-state index is 14.0. The molecular formula is C28H39N3O5S. The third-order valence-corrected chi connectivity index (χ3v) is 6.22. The Morgan fingerprint density at radius 2 is 1.68 bits per heavy atom. The van der Waals surface area contributed by atoms with Crippen LogP contribution in [0.15, 0.2) is 48.5 Å². The Labute approximate surface area is 225 Å². The number of aryl methyl sites for hydroxylation is 1. The summed E-state index contributed by atoms with van der Waals surface area (Å²) in [5, 5.41) is 5.57. The Morgan fingerprint density at radius 3 is 2.19 bits per heavy atom. The minimum absolute atomic E-state index is 0.0333. The molecule has 0 fully saturated rings. The fourth-order valence-corrected chi connectivity index (χ4v) is 4.05. The fourth-order valence-electron chi connectivity index (χ4n) is 3.81. The van der Waals surface area contributed by atoms with Crippen molar-refractivity contribution in [3.63, 3.8) is 0 Å². The van der Waals surface area contributed by atoms with Gasteiger partial charge in [-0.1, -0.05) is 31.2 Å². The molecule has 2 aromatic rings. The molecule has 0 saturated carbocycles. The van der Waals surface area contributed by atoms with Crippen molar-refractivity contribution in [3.05, 3.63) is 59.7 Å². The Kier molecular flexibility index (Phi) is 10.9. The molecule has 0 aliphatic rings. The van der Waals surface area contributed by atoms with Gasteiger partial charge in [0.1, 0.15) is 23.4 Å². The van der Waals surface area contributed by atoms with Crippen LogP contribution in [0, 0.1) is 6.92 Å². The van der Waals surface area contributed by atoms with Gasteiger partial charge in [-0.15, -0.1) is 0 Å². The second-order valence-corrected chi connectivity index (χ2v) is 10.2. The molecule has 2 rings (SSSR count). The number of methoxy groups -OCH3 is 1. The van der Waals surface area contributed by atoms with E-state index in [1.54, 1.807) is 57.0 Å². The molecule has 3 unspecified atom stereocenters. The molecular weight excluding hydrogens is 490 g/mol. The Bertz CT molecular complexity index is 1070. The number of carbonyl (C=O) groups is 3. The zero-order chi connectivity index (χ0) is 27.8. The second-order valence-electron chi connectivity index (χ2n) is 9.86. The first kappa shape index (κ1) is 30.0. The maximum Gasteiger partial charge on any atom is 0.408 e. The molecule has 0 aromatic heterocycles. The molecule has 3 amide bonds. The normalized spacial score (nSPS) is 13.6. The number of hydrogen-bond acceptors (Lipinski definition) is 6. The van der Waals surface area contributed by atoms with E-state index in [9.17, 15) is 14.4 Å². The first-order valence-corrected chi connectivity index (χ1v) is 13.0. The quantitative estimate of drug-likeness (QED) is 0.371. The number of rotatable bonds is 10. The summed E-state index contributed by atoms with van der Waals surface area (Å²) in [6.07, 6.45) is -0.130. The van der Waals surface area contributed by atoms with Crippen LogP contribution in [0.5, 0.6) is 5.75 Å². The van der Waals surface area contributed by atoms with E-state index >= 15 is 0 Å². The van der Waals surface area contributed by atoms with E-state index in [0.29, 0.717) is 23.4 Å². The summed E-state index contributed by atoms with van der Waals surface area (Å²) in [5.74, 6) is -0.0997. The number of carbonyl (C=O) groups excluding carboxylic acids is 3. The van der Waals surface area contributed by atoms with E-state index in [-0.39, 0.29) is 17.7 Å². The lowest BCUT2D eigenvalue weighted by atomic mass is 9.96. The number of thiol groups is 1. The second kappa shape index (κ2) is 13.4. The molecule has 0 aliphatic carbocycles. The van der Waals surface area contributed by atoms with Gasteiger partial charge in [0.25, 0.3) is 5.91 Å². The van der Waals surface area contributed by atoms with E-state index in [1.165, 1.54) is 0 Å². The molecule has 3 atom stereocenters. The predicted molar refractivity (Wildman–Crippen MR) is 149 cm³/mol. The summed E-state index contributed by atoms with van der Waals surface area (Å²) in [5.41, 5.74) is 1.39. The van der Waals surface area contributed by atoms with Crippen LogP contribution in [0.25, 0.3) is 0 Å². The van der Waals surface area contributed by atoms with Gasteiger partial charge in [0.05, 0.1) is 7.11 Å². The van der Waals surface area contributed by atoms with Crippen molar-refractivity contribution in [2.45, 2.75) is 71.7 Å². The molecule has 0 bridgehead atoms. The van der Waals surface area contributed by atoms with Crippen LogP contribution in [-0.4, -0.2) is 53.4 Å². The average Bonchev–Trinajstić information content (AvgIpc) is 2.85.